The van der Waals surface area contributed by atoms with E-state index in [0.717, 1.165) is 47.8 Å². The molecule has 5 rings (SSSR count). The van der Waals surface area contributed by atoms with Crippen molar-refractivity contribution in [1.82, 2.24) is 4.98 Å². The fraction of sp³-hybridized carbons (Fsp3) is 0.240. The maximum absolute atomic E-state index is 12.7. The third-order valence-corrected chi connectivity index (χ3v) is 5.95. The molecule has 1 aliphatic heterocycles. The van der Waals surface area contributed by atoms with Crippen molar-refractivity contribution in [3.8, 4) is 0 Å². The quantitative estimate of drug-likeness (QED) is 0.330. The van der Waals surface area contributed by atoms with E-state index in [1.807, 2.05) is 30.3 Å². The minimum Gasteiger partial charge on any atom is -0.446 e. The van der Waals surface area contributed by atoms with Crippen LogP contribution in [0, 0.1) is 0 Å². The van der Waals surface area contributed by atoms with Crippen LogP contribution < -0.4 is 0 Å². The molecule has 3 heteroatoms. The van der Waals surface area contributed by atoms with E-state index in [2.05, 4.69) is 48.3 Å². The van der Waals surface area contributed by atoms with E-state index in [0.29, 0.717) is 5.56 Å². The molecule has 0 bridgehead atoms. The molecule has 2 heterocycles. The lowest BCUT2D eigenvalue weighted by molar-refractivity contribution is 0.00628. The van der Waals surface area contributed by atoms with Gasteiger partial charge in [0.15, 0.2) is 5.60 Å². The predicted molar refractivity (Wildman–Crippen MR) is 113 cm³/mol. The number of rotatable bonds is 5. The van der Waals surface area contributed by atoms with Crippen molar-refractivity contribution in [3.63, 3.8) is 0 Å². The largest absolute Gasteiger partial charge is 0.446 e. The van der Waals surface area contributed by atoms with E-state index in [1.54, 1.807) is 0 Å². The van der Waals surface area contributed by atoms with Gasteiger partial charge in [-0.25, -0.2) is 4.79 Å². The van der Waals surface area contributed by atoms with Gasteiger partial charge in [0.2, 0.25) is 0 Å². The summed E-state index contributed by atoms with van der Waals surface area (Å²) in [5.74, 6) is -0.217. The predicted octanol–water partition coefficient (Wildman–Crippen LogP) is 6.32. The highest BCUT2D eigenvalue weighted by molar-refractivity contribution is 6.07. The Kier molecular flexibility index (Phi) is 3.97. The molecule has 0 saturated heterocycles. The molecule has 1 unspecified atom stereocenters. The summed E-state index contributed by atoms with van der Waals surface area (Å²) in [6, 6.07) is 22.6. The standard InChI is InChI=1S/C25H23NO2/c1-2-3-8-15-25(21-11-6-4-10-19(21)24(27)28-25)17-13-14-23-20(16-17)18-9-5-7-12-22(18)26-23/h4-7,9-14,16,26H,2-3,8,15H2,1H3. The van der Waals surface area contributed by atoms with Crippen molar-refractivity contribution >= 4 is 27.8 Å². The van der Waals surface area contributed by atoms with E-state index in [4.69, 9.17) is 4.74 Å². The molecule has 28 heavy (non-hydrogen) atoms. The van der Waals surface area contributed by atoms with Crippen LogP contribution in [0.15, 0.2) is 66.7 Å². The summed E-state index contributed by atoms with van der Waals surface area (Å²) in [4.78, 5) is 16.2. The van der Waals surface area contributed by atoms with E-state index < -0.39 is 5.60 Å². The summed E-state index contributed by atoms with van der Waals surface area (Å²) in [5, 5.41) is 2.36. The Morgan fingerprint density at radius 1 is 0.893 bits per heavy atom. The van der Waals surface area contributed by atoms with Crippen LogP contribution in [-0.4, -0.2) is 11.0 Å². The maximum Gasteiger partial charge on any atom is 0.339 e. The fourth-order valence-corrected chi connectivity index (χ4v) is 4.55. The van der Waals surface area contributed by atoms with Gasteiger partial charge in [-0.15, -0.1) is 0 Å². The van der Waals surface area contributed by atoms with Gasteiger partial charge in [0.25, 0.3) is 0 Å². The summed E-state index contributed by atoms with van der Waals surface area (Å²) in [6.07, 6.45) is 4.07. The smallest absolute Gasteiger partial charge is 0.339 e. The molecule has 4 aromatic rings. The molecule has 0 radical (unpaired) electrons. The third-order valence-electron chi connectivity index (χ3n) is 5.95. The van der Waals surface area contributed by atoms with E-state index in [-0.39, 0.29) is 5.97 Å². The summed E-state index contributed by atoms with van der Waals surface area (Å²) < 4.78 is 6.14. The topological polar surface area (TPSA) is 42.1 Å². The SMILES string of the molecule is CCCCCC1(c2ccc3[nH]c4ccccc4c3c2)OC(=O)c2ccccc21. The summed E-state index contributed by atoms with van der Waals surface area (Å²) in [7, 11) is 0. The molecule has 1 N–H and O–H groups in total. The average Bonchev–Trinajstić information content (AvgIpc) is 3.24. The Labute approximate surface area is 164 Å². The average molecular weight is 369 g/mol. The highest BCUT2D eigenvalue weighted by Crippen LogP contribution is 2.46. The number of aromatic nitrogens is 1. The molecule has 0 saturated carbocycles. The number of hydrogen-bond donors (Lipinski definition) is 1. The zero-order valence-electron chi connectivity index (χ0n) is 16.0. The third kappa shape index (κ3) is 2.46. The molecule has 0 spiro atoms. The number of H-pyrrole nitrogens is 1. The van der Waals surface area contributed by atoms with E-state index >= 15 is 0 Å². The van der Waals surface area contributed by atoms with Gasteiger partial charge in [-0.3, -0.25) is 0 Å². The molecule has 3 aromatic carbocycles. The molecular weight excluding hydrogens is 346 g/mol. The molecule has 1 aliphatic rings. The zero-order valence-corrected chi connectivity index (χ0v) is 16.0. The number of unbranched alkanes of at least 4 members (excludes halogenated alkanes) is 2. The first-order chi connectivity index (χ1) is 13.7. The van der Waals surface area contributed by atoms with Crippen molar-refractivity contribution in [3.05, 3.63) is 83.4 Å². The second-order valence-electron chi connectivity index (χ2n) is 7.65. The number of fused-ring (bicyclic) bond motifs is 4. The first-order valence-electron chi connectivity index (χ1n) is 10.1. The van der Waals surface area contributed by atoms with E-state index in [9.17, 15) is 4.79 Å². The number of nitrogens with one attached hydrogen (secondary N) is 1. The second kappa shape index (κ2) is 6.52. The first kappa shape index (κ1) is 17.1. The van der Waals surface area contributed by atoms with Gasteiger partial charge in [-0.2, -0.15) is 0 Å². The number of carbonyl (C=O) groups is 1. The molecule has 3 nitrogen and oxygen atoms in total. The number of ether oxygens (including phenoxy) is 1. The Hall–Kier alpha value is -3.07. The highest BCUT2D eigenvalue weighted by Gasteiger charge is 2.46. The van der Waals surface area contributed by atoms with Crippen molar-refractivity contribution in [2.45, 2.75) is 38.2 Å². The lowest BCUT2D eigenvalue weighted by atomic mass is 9.81. The number of esters is 1. The summed E-state index contributed by atoms with van der Waals surface area (Å²) in [5.41, 5.74) is 4.27. The van der Waals surface area contributed by atoms with Gasteiger partial charge in [0, 0.05) is 32.9 Å². The lowest BCUT2D eigenvalue weighted by Gasteiger charge is -2.30. The number of hydrogen-bond acceptors (Lipinski definition) is 2. The minimum absolute atomic E-state index is 0.217. The van der Waals surface area contributed by atoms with Gasteiger partial charge in [0.05, 0.1) is 5.56 Å². The Morgan fingerprint density at radius 2 is 1.68 bits per heavy atom. The maximum atomic E-state index is 12.7. The molecule has 140 valence electrons. The Morgan fingerprint density at radius 3 is 2.57 bits per heavy atom. The molecule has 0 amide bonds. The van der Waals surface area contributed by atoms with Crippen LogP contribution in [0.5, 0.6) is 0 Å². The number of aromatic amines is 1. The second-order valence-corrected chi connectivity index (χ2v) is 7.65. The van der Waals surface area contributed by atoms with Crippen LogP contribution in [0.2, 0.25) is 0 Å². The number of cyclic esters (lactones) is 1. The van der Waals surface area contributed by atoms with Crippen LogP contribution >= 0.6 is 0 Å². The Bertz CT molecular complexity index is 1190. The Balaban J connectivity index is 1.72. The van der Waals surface area contributed by atoms with Gasteiger partial charge in [0.1, 0.15) is 0 Å². The van der Waals surface area contributed by atoms with Gasteiger partial charge in [-0.1, -0.05) is 62.2 Å². The molecule has 1 atom stereocenters. The van der Waals surface area contributed by atoms with Crippen LogP contribution in [0.3, 0.4) is 0 Å². The summed E-state index contributed by atoms with van der Waals surface area (Å²) in [6.45, 7) is 2.19. The molecule has 0 fully saturated rings. The summed E-state index contributed by atoms with van der Waals surface area (Å²) >= 11 is 0. The fourth-order valence-electron chi connectivity index (χ4n) is 4.55. The van der Waals surface area contributed by atoms with Crippen molar-refractivity contribution < 1.29 is 9.53 Å². The van der Waals surface area contributed by atoms with Crippen molar-refractivity contribution in [1.29, 1.82) is 0 Å². The normalized spacial score (nSPS) is 18.5. The zero-order chi connectivity index (χ0) is 19.1. The van der Waals surface area contributed by atoms with Crippen LogP contribution in [0.25, 0.3) is 21.8 Å². The van der Waals surface area contributed by atoms with Gasteiger partial charge in [-0.05, 0) is 37.1 Å². The molecule has 1 aromatic heterocycles. The monoisotopic (exact) mass is 369 g/mol. The van der Waals surface area contributed by atoms with Crippen molar-refractivity contribution in [2.75, 3.05) is 0 Å². The number of para-hydroxylation sites is 1. The number of benzene rings is 3. The van der Waals surface area contributed by atoms with E-state index in [1.165, 1.54) is 10.8 Å². The van der Waals surface area contributed by atoms with Crippen LogP contribution in [-0.2, 0) is 10.3 Å². The van der Waals surface area contributed by atoms with Gasteiger partial charge < -0.3 is 9.72 Å². The highest BCUT2D eigenvalue weighted by atomic mass is 16.6. The molecular formula is C25H23NO2. The minimum atomic E-state index is -0.699. The molecule has 0 aliphatic carbocycles. The lowest BCUT2D eigenvalue weighted by Crippen LogP contribution is -2.28. The van der Waals surface area contributed by atoms with Crippen LogP contribution in [0.1, 0.15) is 54.1 Å². The number of carbonyl (C=O) groups excluding carboxylic acids is 1. The first-order valence-corrected chi connectivity index (χ1v) is 10.1. The van der Waals surface area contributed by atoms with Crippen molar-refractivity contribution in [2.24, 2.45) is 0 Å². The van der Waals surface area contributed by atoms with Crippen LogP contribution in [0.4, 0.5) is 0 Å². The van der Waals surface area contributed by atoms with Gasteiger partial charge >= 0.3 is 5.97 Å².